The van der Waals surface area contributed by atoms with Gasteiger partial charge in [0.2, 0.25) is 21.8 Å². The Hall–Kier alpha value is -2.78. The topological polar surface area (TPSA) is 108 Å². The molecule has 0 spiro atoms. The summed E-state index contributed by atoms with van der Waals surface area (Å²) in [4.78, 5) is 31.4. The minimum atomic E-state index is -3.70. The van der Waals surface area contributed by atoms with Crippen LogP contribution < -0.4 is 10.0 Å². The zero-order valence-corrected chi connectivity index (χ0v) is 21.1. The molecule has 184 valence electrons. The van der Waals surface area contributed by atoms with Gasteiger partial charge in [-0.1, -0.05) is 39.0 Å². The quantitative estimate of drug-likeness (QED) is 0.625. The summed E-state index contributed by atoms with van der Waals surface area (Å²) >= 11 is 0. The van der Waals surface area contributed by atoms with Gasteiger partial charge in [-0.2, -0.15) is 0 Å². The second-order valence-electron chi connectivity index (χ2n) is 9.76. The van der Waals surface area contributed by atoms with Gasteiger partial charge in [-0.25, -0.2) is 18.1 Å². The number of amides is 2. The number of nitrogens with zero attached hydrogens (tertiary/aromatic N) is 2. The Morgan fingerprint density at radius 3 is 2.50 bits per heavy atom. The number of anilines is 1. The summed E-state index contributed by atoms with van der Waals surface area (Å²) in [6.45, 7) is 8.95. The van der Waals surface area contributed by atoms with Gasteiger partial charge in [0.15, 0.2) is 0 Å². The van der Waals surface area contributed by atoms with Crippen molar-refractivity contribution in [1.29, 1.82) is 0 Å². The molecule has 0 aliphatic carbocycles. The average molecular weight is 487 g/mol. The number of carbonyl (C=O) groups excluding carboxylic acids is 2. The van der Waals surface area contributed by atoms with E-state index in [9.17, 15) is 18.0 Å². The molecular formula is C25H34N4O4S. The van der Waals surface area contributed by atoms with Crippen molar-refractivity contribution in [2.45, 2.75) is 57.3 Å². The van der Waals surface area contributed by atoms with Crippen LogP contribution in [0.4, 0.5) is 5.82 Å². The van der Waals surface area contributed by atoms with Gasteiger partial charge < -0.3 is 10.2 Å². The first-order chi connectivity index (χ1) is 16.0. The Balaban J connectivity index is 1.51. The molecule has 0 bridgehead atoms. The molecule has 1 fully saturated rings. The number of carbonyl (C=O) groups is 2. The fourth-order valence-electron chi connectivity index (χ4n) is 3.92. The van der Waals surface area contributed by atoms with Crippen LogP contribution in [0.1, 0.15) is 51.2 Å². The number of hydrogen-bond donors (Lipinski definition) is 2. The number of pyridine rings is 1. The van der Waals surface area contributed by atoms with Crippen LogP contribution in [-0.4, -0.2) is 49.8 Å². The van der Waals surface area contributed by atoms with Crippen LogP contribution in [0.3, 0.4) is 0 Å². The predicted molar refractivity (Wildman–Crippen MR) is 132 cm³/mol. The number of benzene rings is 1. The van der Waals surface area contributed by atoms with E-state index in [1.807, 2.05) is 25.1 Å². The summed E-state index contributed by atoms with van der Waals surface area (Å²) in [7, 11) is -3.70. The first kappa shape index (κ1) is 25.8. The highest BCUT2D eigenvalue weighted by atomic mass is 32.2. The number of piperidine rings is 1. The number of likely N-dealkylation sites (tertiary alicyclic amines) is 1. The number of sulfonamides is 1. The van der Waals surface area contributed by atoms with Crippen LogP contribution in [0.15, 0.2) is 47.5 Å². The van der Waals surface area contributed by atoms with Gasteiger partial charge >= 0.3 is 0 Å². The fourth-order valence-corrected chi connectivity index (χ4v) is 4.95. The van der Waals surface area contributed by atoms with Gasteiger partial charge in [-0.3, -0.25) is 9.59 Å². The Morgan fingerprint density at radius 1 is 1.15 bits per heavy atom. The Morgan fingerprint density at radius 2 is 1.85 bits per heavy atom. The summed E-state index contributed by atoms with van der Waals surface area (Å²) < 4.78 is 27.7. The normalized spacial score (nSPS) is 16.8. The molecule has 1 aliphatic heterocycles. The van der Waals surface area contributed by atoms with Crippen LogP contribution in [0.5, 0.6) is 0 Å². The molecule has 2 heterocycles. The molecule has 1 aromatic heterocycles. The average Bonchev–Trinajstić information content (AvgIpc) is 2.80. The van der Waals surface area contributed by atoms with E-state index in [0.29, 0.717) is 25.3 Å². The van der Waals surface area contributed by atoms with E-state index in [4.69, 9.17) is 0 Å². The van der Waals surface area contributed by atoms with Crippen molar-refractivity contribution >= 4 is 27.7 Å². The predicted octanol–water partition coefficient (Wildman–Crippen LogP) is 3.23. The van der Waals surface area contributed by atoms with E-state index in [1.165, 1.54) is 0 Å². The van der Waals surface area contributed by atoms with Crippen LogP contribution in [0.2, 0.25) is 0 Å². The molecule has 1 aromatic carbocycles. The maximum absolute atomic E-state index is 12.7. The SMILES string of the molecule is Cc1cccnc1NC(=O)C1CCCN(C(=O)CCNS(=O)(=O)c2ccc(C(C)(C)C)cc2)C1. The number of nitrogens with one attached hydrogen (secondary N) is 2. The molecular weight excluding hydrogens is 452 g/mol. The highest BCUT2D eigenvalue weighted by Crippen LogP contribution is 2.23. The van der Waals surface area contributed by atoms with E-state index >= 15 is 0 Å². The number of aryl methyl sites for hydroxylation is 1. The Kier molecular flexibility index (Phi) is 8.09. The van der Waals surface area contributed by atoms with Gasteiger partial charge in [-0.15, -0.1) is 0 Å². The molecule has 3 rings (SSSR count). The molecule has 34 heavy (non-hydrogen) atoms. The molecule has 8 nitrogen and oxygen atoms in total. The summed E-state index contributed by atoms with van der Waals surface area (Å²) in [5.74, 6) is -0.117. The lowest BCUT2D eigenvalue weighted by molar-refractivity contribution is -0.134. The molecule has 1 aliphatic rings. The highest BCUT2D eigenvalue weighted by molar-refractivity contribution is 7.89. The van der Waals surface area contributed by atoms with E-state index in [-0.39, 0.29) is 41.0 Å². The lowest BCUT2D eigenvalue weighted by Crippen LogP contribution is -2.44. The number of hydrogen-bond acceptors (Lipinski definition) is 5. The van der Waals surface area contributed by atoms with E-state index < -0.39 is 10.0 Å². The standard InChI is InChI=1S/C25H34N4O4S/c1-18-7-5-14-26-23(18)28-24(31)19-8-6-16-29(17-19)22(30)13-15-27-34(32,33)21-11-9-20(10-12-21)25(2,3)4/h5,7,9-12,14,19,27H,6,8,13,15-17H2,1-4H3,(H,26,28,31). The number of rotatable bonds is 7. The first-order valence-electron chi connectivity index (χ1n) is 11.6. The van der Waals surface area contributed by atoms with E-state index in [0.717, 1.165) is 17.5 Å². The van der Waals surface area contributed by atoms with Crippen molar-refractivity contribution in [1.82, 2.24) is 14.6 Å². The second kappa shape index (κ2) is 10.7. The molecule has 2 amide bonds. The first-order valence-corrected chi connectivity index (χ1v) is 13.1. The fraction of sp³-hybridized carbons (Fsp3) is 0.480. The van der Waals surface area contributed by atoms with Crippen molar-refractivity contribution in [2.75, 3.05) is 25.0 Å². The van der Waals surface area contributed by atoms with Crippen LogP contribution in [0, 0.1) is 12.8 Å². The van der Waals surface area contributed by atoms with Crippen molar-refractivity contribution in [2.24, 2.45) is 5.92 Å². The monoisotopic (exact) mass is 486 g/mol. The summed E-state index contributed by atoms with van der Waals surface area (Å²) in [6.07, 6.45) is 3.07. The summed E-state index contributed by atoms with van der Waals surface area (Å²) in [5.41, 5.74) is 1.85. The third kappa shape index (κ3) is 6.64. The van der Waals surface area contributed by atoms with Crippen LogP contribution in [-0.2, 0) is 25.0 Å². The summed E-state index contributed by atoms with van der Waals surface area (Å²) in [6, 6.07) is 10.5. The van der Waals surface area contributed by atoms with Gasteiger partial charge in [0, 0.05) is 32.3 Å². The van der Waals surface area contributed by atoms with Crippen molar-refractivity contribution in [3.63, 3.8) is 0 Å². The van der Waals surface area contributed by atoms with E-state index in [2.05, 4.69) is 35.8 Å². The second-order valence-corrected chi connectivity index (χ2v) is 11.5. The van der Waals surface area contributed by atoms with Crippen LogP contribution in [0.25, 0.3) is 0 Å². The lowest BCUT2D eigenvalue weighted by Gasteiger charge is -2.32. The minimum Gasteiger partial charge on any atom is -0.342 e. The molecule has 9 heteroatoms. The minimum absolute atomic E-state index is 0.00266. The number of aromatic nitrogens is 1. The maximum Gasteiger partial charge on any atom is 0.240 e. The van der Waals surface area contributed by atoms with Crippen molar-refractivity contribution in [3.8, 4) is 0 Å². The molecule has 0 saturated carbocycles. The zero-order valence-electron chi connectivity index (χ0n) is 20.3. The van der Waals surface area contributed by atoms with Gasteiger partial charge in [0.1, 0.15) is 5.82 Å². The van der Waals surface area contributed by atoms with Gasteiger partial charge in [0.25, 0.3) is 0 Å². The molecule has 0 radical (unpaired) electrons. The van der Waals surface area contributed by atoms with Crippen LogP contribution >= 0.6 is 0 Å². The largest absolute Gasteiger partial charge is 0.342 e. The van der Waals surface area contributed by atoms with Crippen molar-refractivity contribution < 1.29 is 18.0 Å². The van der Waals surface area contributed by atoms with Crippen molar-refractivity contribution in [3.05, 3.63) is 53.7 Å². The highest BCUT2D eigenvalue weighted by Gasteiger charge is 2.29. The maximum atomic E-state index is 12.7. The molecule has 1 unspecified atom stereocenters. The lowest BCUT2D eigenvalue weighted by atomic mass is 9.87. The Labute approximate surface area is 202 Å². The van der Waals surface area contributed by atoms with Gasteiger partial charge in [-0.05, 0) is 54.5 Å². The summed E-state index contributed by atoms with van der Waals surface area (Å²) in [5, 5.41) is 2.85. The molecule has 2 N–H and O–H groups in total. The van der Waals surface area contributed by atoms with E-state index in [1.54, 1.807) is 29.3 Å². The third-order valence-corrected chi connectivity index (χ3v) is 7.53. The zero-order chi connectivity index (χ0) is 24.9. The smallest absolute Gasteiger partial charge is 0.240 e. The molecule has 1 atom stereocenters. The van der Waals surface area contributed by atoms with Gasteiger partial charge in [0.05, 0.1) is 10.8 Å². The molecule has 2 aromatic rings. The molecule has 1 saturated heterocycles. The third-order valence-electron chi connectivity index (χ3n) is 6.06. The Bertz CT molecular complexity index is 1120.